The van der Waals surface area contributed by atoms with Crippen molar-refractivity contribution in [2.45, 2.75) is 19.8 Å². The summed E-state index contributed by atoms with van der Waals surface area (Å²) >= 11 is 0. The summed E-state index contributed by atoms with van der Waals surface area (Å²) in [6.45, 7) is 2.98. The summed E-state index contributed by atoms with van der Waals surface area (Å²) in [6.07, 6.45) is 1.34. The fourth-order valence-electron chi connectivity index (χ4n) is 1.90. The number of carbonyl (C=O) groups excluding carboxylic acids is 2. The third kappa shape index (κ3) is 2.16. The van der Waals surface area contributed by atoms with E-state index >= 15 is 0 Å². The summed E-state index contributed by atoms with van der Waals surface area (Å²) in [5.74, 6) is -0.353. The summed E-state index contributed by atoms with van der Waals surface area (Å²) in [7, 11) is 1.52. The molecule has 0 saturated carbocycles. The Morgan fingerprint density at radius 1 is 1.35 bits per heavy atom. The molecule has 0 unspecified atom stereocenters. The number of likely N-dealkylation sites (N-methyl/N-ethyl adjacent to an activating group) is 1. The second-order valence-electron chi connectivity index (χ2n) is 4.23. The minimum Gasteiger partial charge on any atom is -0.385 e. The molecule has 0 aromatic heterocycles. The van der Waals surface area contributed by atoms with Crippen LogP contribution in [0.4, 0.5) is 5.69 Å². The van der Waals surface area contributed by atoms with Gasteiger partial charge < -0.3 is 5.32 Å². The van der Waals surface area contributed by atoms with Gasteiger partial charge in [-0.05, 0) is 30.2 Å². The quantitative estimate of drug-likeness (QED) is 0.806. The average Bonchev–Trinajstić information content (AvgIpc) is 2.33. The van der Waals surface area contributed by atoms with Gasteiger partial charge in [-0.3, -0.25) is 14.5 Å². The van der Waals surface area contributed by atoms with E-state index in [1.165, 1.54) is 11.9 Å². The number of rotatable bonds is 3. The average molecular weight is 232 g/mol. The highest BCUT2D eigenvalue weighted by Crippen LogP contribution is 2.22. The van der Waals surface area contributed by atoms with Gasteiger partial charge in [0.25, 0.3) is 5.91 Å². The van der Waals surface area contributed by atoms with E-state index in [0.717, 1.165) is 24.2 Å². The number of carbonyl (C=O) groups is 2. The SMILES string of the molecule is CCCNc1ccc2c(c1)CC(=O)N(C)C2=O. The van der Waals surface area contributed by atoms with Crippen LogP contribution in [0.15, 0.2) is 18.2 Å². The van der Waals surface area contributed by atoms with Gasteiger partial charge in [-0.2, -0.15) is 0 Å². The van der Waals surface area contributed by atoms with Crippen molar-refractivity contribution in [3.63, 3.8) is 0 Å². The number of fused-ring (bicyclic) bond motifs is 1. The van der Waals surface area contributed by atoms with E-state index in [-0.39, 0.29) is 11.8 Å². The molecule has 1 N–H and O–H groups in total. The lowest BCUT2D eigenvalue weighted by molar-refractivity contribution is -0.127. The Kier molecular flexibility index (Phi) is 3.13. The Labute approximate surface area is 101 Å². The van der Waals surface area contributed by atoms with Crippen LogP contribution in [0.1, 0.15) is 29.3 Å². The van der Waals surface area contributed by atoms with Gasteiger partial charge in [-0.15, -0.1) is 0 Å². The van der Waals surface area contributed by atoms with Crippen LogP contribution < -0.4 is 5.32 Å². The van der Waals surface area contributed by atoms with Crippen molar-refractivity contribution in [3.8, 4) is 0 Å². The minimum absolute atomic E-state index is 0.143. The molecule has 0 saturated heterocycles. The molecular weight excluding hydrogens is 216 g/mol. The van der Waals surface area contributed by atoms with Gasteiger partial charge in [0.15, 0.2) is 0 Å². The summed E-state index contributed by atoms with van der Waals surface area (Å²) in [6, 6.07) is 5.57. The zero-order valence-electron chi connectivity index (χ0n) is 10.1. The van der Waals surface area contributed by atoms with Crippen molar-refractivity contribution in [3.05, 3.63) is 29.3 Å². The molecule has 1 aliphatic heterocycles. The van der Waals surface area contributed by atoms with Crippen LogP contribution in [0.5, 0.6) is 0 Å². The molecule has 1 aromatic carbocycles. The van der Waals surface area contributed by atoms with Crippen LogP contribution >= 0.6 is 0 Å². The van der Waals surface area contributed by atoms with E-state index in [0.29, 0.717) is 12.0 Å². The standard InChI is InChI=1S/C13H16N2O2/c1-3-6-14-10-4-5-11-9(7-10)8-12(16)15(2)13(11)17/h4-5,7,14H,3,6,8H2,1-2H3. The molecule has 0 spiro atoms. The molecule has 0 aliphatic carbocycles. The Balaban J connectivity index is 2.30. The maximum absolute atomic E-state index is 11.8. The highest BCUT2D eigenvalue weighted by atomic mass is 16.2. The molecule has 0 atom stereocenters. The third-order valence-electron chi connectivity index (χ3n) is 2.94. The predicted octanol–water partition coefficient (Wildman–Crippen LogP) is 1.66. The predicted molar refractivity (Wildman–Crippen MR) is 66.0 cm³/mol. The highest BCUT2D eigenvalue weighted by molar-refractivity contribution is 6.09. The second kappa shape index (κ2) is 4.57. The van der Waals surface area contributed by atoms with Crippen LogP contribution in [0, 0.1) is 0 Å². The number of imide groups is 1. The smallest absolute Gasteiger partial charge is 0.260 e. The second-order valence-corrected chi connectivity index (χ2v) is 4.23. The lowest BCUT2D eigenvalue weighted by Crippen LogP contribution is -2.39. The number of amides is 2. The van der Waals surface area contributed by atoms with Gasteiger partial charge in [0, 0.05) is 24.8 Å². The first-order valence-electron chi connectivity index (χ1n) is 5.81. The molecule has 0 bridgehead atoms. The Hall–Kier alpha value is -1.84. The fourth-order valence-corrected chi connectivity index (χ4v) is 1.90. The minimum atomic E-state index is -0.210. The summed E-state index contributed by atoms with van der Waals surface area (Å²) < 4.78 is 0. The topological polar surface area (TPSA) is 49.4 Å². The van der Waals surface area contributed by atoms with Crippen LogP contribution in [-0.4, -0.2) is 30.3 Å². The zero-order valence-corrected chi connectivity index (χ0v) is 10.1. The summed E-state index contributed by atoms with van der Waals surface area (Å²) in [4.78, 5) is 24.6. The lowest BCUT2D eigenvalue weighted by Gasteiger charge is -2.23. The van der Waals surface area contributed by atoms with E-state index in [2.05, 4.69) is 12.2 Å². The van der Waals surface area contributed by atoms with Gasteiger partial charge >= 0.3 is 0 Å². The molecule has 2 amide bonds. The number of nitrogens with one attached hydrogen (secondary N) is 1. The molecule has 90 valence electrons. The number of nitrogens with zero attached hydrogens (tertiary/aromatic N) is 1. The largest absolute Gasteiger partial charge is 0.385 e. The Morgan fingerprint density at radius 2 is 2.12 bits per heavy atom. The fraction of sp³-hybridized carbons (Fsp3) is 0.385. The first-order chi connectivity index (χ1) is 8.13. The van der Waals surface area contributed by atoms with E-state index in [1.807, 2.05) is 12.1 Å². The molecular formula is C13H16N2O2. The monoisotopic (exact) mass is 232 g/mol. The molecule has 1 aliphatic rings. The normalized spacial score (nSPS) is 14.8. The molecule has 17 heavy (non-hydrogen) atoms. The van der Waals surface area contributed by atoms with Crippen molar-refractivity contribution in [1.82, 2.24) is 4.90 Å². The number of benzene rings is 1. The first kappa shape index (κ1) is 11.6. The number of anilines is 1. The van der Waals surface area contributed by atoms with E-state index in [1.54, 1.807) is 6.07 Å². The zero-order chi connectivity index (χ0) is 12.4. The highest BCUT2D eigenvalue weighted by Gasteiger charge is 2.27. The molecule has 1 aromatic rings. The van der Waals surface area contributed by atoms with Crippen LogP contribution in [0.25, 0.3) is 0 Å². The van der Waals surface area contributed by atoms with Gasteiger partial charge in [0.05, 0.1) is 6.42 Å². The van der Waals surface area contributed by atoms with Crippen molar-refractivity contribution in [2.75, 3.05) is 18.9 Å². The summed E-state index contributed by atoms with van der Waals surface area (Å²) in [5.41, 5.74) is 2.42. The van der Waals surface area contributed by atoms with E-state index < -0.39 is 0 Å². The maximum atomic E-state index is 11.8. The van der Waals surface area contributed by atoms with E-state index in [9.17, 15) is 9.59 Å². The summed E-state index contributed by atoms with van der Waals surface area (Å²) in [5, 5.41) is 3.25. The van der Waals surface area contributed by atoms with Gasteiger partial charge in [0.1, 0.15) is 0 Å². The van der Waals surface area contributed by atoms with Crippen LogP contribution in [0.2, 0.25) is 0 Å². The molecule has 0 radical (unpaired) electrons. The van der Waals surface area contributed by atoms with Gasteiger partial charge in [-0.25, -0.2) is 0 Å². The molecule has 2 rings (SSSR count). The molecule has 4 heteroatoms. The van der Waals surface area contributed by atoms with Crippen molar-refractivity contribution in [2.24, 2.45) is 0 Å². The van der Waals surface area contributed by atoms with Gasteiger partial charge in [-0.1, -0.05) is 6.92 Å². The number of hydrogen-bond donors (Lipinski definition) is 1. The number of hydrogen-bond acceptors (Lipinski definition) is 3. The van der Waals surface area contributed by atoms with Gasteiger partial charge in [0.2, 0.25) is 5.91 Å². The third-order valence-corrected chi connectivity index (χ3v) is 2.94. The molecule has 1 heterocycles. The first-order valence-corrected chi connectivity index (χ1v) is 5.81. The van der Waals surface area contributed by atoms with Crippen molar-refractivity contribution >= 4 is 17.5 Å². The van der Waals surface area contributed by atoms with Crippen molar-refractivity contribution < 1.29 is 9.59 Å². The van der Waals surface area contributed by atoms with Crippen LogP contribution in [0.3, 0.4) is 0 Å². The molecule has 0 fully saturated rings. The molecule has 4 nitrogen and oxygen atoms in total. The Bertz CT molecular complexity index is 468. The Morgan fingerprint density at radius 3 is 2.82 bits per heavy atom. The van der Waals surface area contributed by atoms with Crippen molar-refractivity contribution in [1.29, 1.82) is 0 Å². The maximum Gasteiger partial charge on any atom is 0.260 e. The lowest BCUT2D eigenvalue weighted by atomic mass is 9.98. The van der Waals surface area contributed by atoms with Crippen LogP contribution in [-0.2, 0) is 11.2 Å². The van der Waals surface area contributed by atoms with E-state index in [4.69, 9.17) is 0 Å².